The van der Waals surface area contributed by atoms with E-state index in [4.69, 9.17) is 8.53 Å². The van der Waals surface area contributed by atoms with Crippen LogP contribution < -0.4 is 4.57 Å². The Hall–Kier alpha value is -4.24. The Morgan fingerprint density at radius 3 is 2.42 bits per heavy atom. The van der Waals surface area contributed by atoms with Gasteiger partial charge in [-0.2, -0.15) is 0 Å². The summed E-state index contributed by atoms with van der Waals surface area (Å²) in [6.07, 6.45) is 9.41. The molecule has 8 rings (SSSR count). The van der Waals surface area contributed by atoms with Gasteiger partial charge in [0.15, 0.2) is 11.8 Å². The summed E-state index contributed by atoms with van der Waals surface area (Å²) in [4.78, 5) is 4.48. The van der Waals surface area contributed by atoms with Crippen LogP contribution in [0.1, 0.15) is 83.4 Å². The van der Waals surface area contributed by atoms with Gasteiger partial charge in [0.2, 0.25) is 11.4 Å². The van der Waals surface area contributed by atoms with Gasteiger partial charge < -0.3 is 4.42 Å². The molecule has 2 aliphatic rings. The molecule has 3 aromatic carbocycles. The number of hydrogen-bond donors (Lipinski definition) is 0. The van der Waals surface area contributed by atoms with E-state index in [9.17, 15) is 0 Å². The van der Waals surface area contributed by atoms with Crippen molar-refractivity contribution >= 4 is 22.1 Å². The molecule has 0 N–H and O–H groups in total. The Labute approximate surface area is 258 Å². The van der Waals surface area contributed by atoms with Gasteiger partial charge in [0.05, 0.1) is 5.56 Å². The molecule has 0 amide bonds. The van der Waals surface area contributed by atoms with Gasteiger partial charge >= 0.3 is 0 Å². The summed E-state index contributed by atoms with van der Waals surface area (Å²) in [6.45, 7) is 4.46. The highest BCUT2D eigenvalue weighted by molar-refractivity contribution is 6.08. The number of rotatable bonds is 2. The Bertz CT molecular complexity index is 2180. The molecule has 214 valence electrons. The maximum absolute atomic E-state index is 8.61. The van der Waals surface area contributed by atoms with Crippen molar-refractivity contribution in [3.05, 3.63) is 119 Å². The number of nitrogens with zero attached hydrogens (tertiary/aromatic N) is 2. The molecule has 0 saturated heterocycles. The maximum atomic E-state index is 8.61. The van der Waals surface area contributed by atoms with Gasteiger partial charge in [-0.25, -0.2) is 9.55 Å². The van der Waals surface area contributed by atoms with Crippen molar-refractivity contribution in [3.63, 3.8) is 0 Å². The summed E-state index contributed by atoms with van der Waals surface area (Å²) >= 11 is 0. The molecule has 3 nitrogen and oxygen atoms in total. The first kappa shape index (κ1) is 23.2. The van der Waals surface area contributed by atoms with Gasteiger partial charge in [-0.05, 0) is 83.8 Å². The molecule has 0 unspecified atom stereocenters. The van der Waals surface area contributed by atoms with Crippen LogP contribution >= 0.6 is 0 Å². The maximum Gasteiger partial charge on any atom is 0.227 e. The molecular formula is C40H39N2O+. The van der Waals surface area contributed by atoms with Crippen molar-refractivity contribution < 1.29 is 13.1 Å². The molecule has 1 fully saturated rings. The second kappa shape index (κ2) is 9.38. The van der Waals surface area contributed by atoms with Gasteiger partial charge in [-0.15, -0.1) is 0 Å². The second-order valence-corrected chi connectivity index (χ2v) is 13.3. The third-order valence-corrected chi connectivity index (χ3v) is 10.5. The van der Waals surface area contributed by atoms with Crippen molar-refractivity contribution in [2.45, 2.75) is 70.6 Å². The number of fused-ring (bicyclic) bond motifs is 7. The molecule has 1 spiro atoms. The molecule has 0 aliphatic heterocycles. The van der Waals surface area contributed by atoms with Crippen molar-refractivity contribution in [3.8, 4) is 22.4 Å². The zero-order valence-corrected chi connectivity index (χ0v) is 25.4. The van der Waals surface area contributed by atoms with Crippen molar-refractivity contribution in [2.24, 2.45) is 7.05 Å². The van der Waals surface area contributed by atoms with E-state index >= 15 is 0 Å². The van der Waals surface area contributed by atoms with Gasteiger partial charge in [0.1, 0.15) is 7.05 Å². The van der Waals surface area contributed by atoms with Crippen LogP contribution in [0.5, 0.6) is 0 Å². The Balaban J connectivity index is 1.40. The monoisotopic (exact) mass is 566 g/mol. The molecule has 3 heteroatoms. The molecule has 2 aliphatic carbocycles. The molecule has 3 heterocycles. The van der Waals surface area contributed by atoms with Crippen LogP contribution in [0.4, 0.5) is 0 Å². The standard InChI is InChI=1S/C40H39N2O/c1-25-15-17-28-29-12-11-21-41-38(29)43-37(28)36(25)35-23-30(26(2)24-42(35)5)27-16-18-32-34(22-27)40(19-9-6-10-20-40)33-14-8-7-13-31(33)39(32,3)4/h7-8,11-18,21-24H,6,9-10,19-20H2,1-5H3/q+1/i2D3. The average molecular weight is 567 g/mol. The number of hydrogen-bond acceptors (Lipinski definition) is 2. The highest BCUT2D eigenvalue weighted by Crippen LogP contribution is 2.56. The zero-order valence-electron chi connectivity index (χ0n) is 28.4. The predicted molar refractivity (Wildman–Crippen MR) is 175 cm³/mol. The van der Waals surface area contributed by atoms with Crippen LogP contribution in [-0.2, 0) is 17.9 Å². The SMILES string of the molecule is [2H]C([2H])([2H])c1c[n+](C)c(-c2c(C)ccc3c2oc2ncccc23)cc1-c1ccc2c(c1)C1(CCCCC1)c1ccccc1C2(C)C. The lowest BCUT2D eigenvalue weighted by molar-refractivity contribution is -0.660. The first-order valence-corrected chi connectivity index (χ1v) is 15.6. The summed E-state index contributed by atoms with van der Waals surface area (Å²) in [7, 11) is 1.93. The highest BCUT2D eigenvalue weighted by Gasteiger charge is 2.47. The summed E-state index contributed by atoms with van der Waals surface area (Å²) < 4.78 is 34.2. The number of aryl methyl sites for hydroxylation is 3. The van der Waals surface area contributed by atoms with Gasteiger partial charge in [-0.1, -0.05) is 81.6 Å². The fourth-order valence-corrected chi connectivity index (χ4v) is 8.31. The van der Waals surface area contributed by atoms with E-state index in [0.717, 1.165) is 57.1 Å². The normalized spacial score (nSPS) is 18.2. The quantitative estimate of drug-likeness (QED) is 0.195. The van der Waals surface area contributed by atoms with Crippen LogP contribution in [-0.4, -0.2) is 4.98 Å². The van der Waals surface area contributed by atoms with Crippen LogP contribution in [0, 0.1) is 13.8 Å². The largest absolute Gasteiger partial charge is 0.437 e. The molecule has 6 aromatic rings. The lowest BCUT2D eigenvalue weighted by Gasteiger charge is -2.49. The van der Waals surface area contributed by atoms with E-state index in [-0.39, 0.29) is 10.8 Å². The van der Waals surface area contributed by atoms with Crippen molar-refractivity contribution in [2.75, 3.05) is 0 Å². The Kier molecular flexibility index (Phi) is 5.07. The van der Waals surface area contributed by atoms with E-state index in [2.05, 4.69) is 86.4 Å². The topological polar surface area (TPSA) is 29.9 Å². The number of benzene rings is 3. The average Bonchev–Trinajstić information content (AvgIpc) is 3.42. The molecular weight excluding hydrogens is 524 g/mol. The zero-order chi connectivity index (χ0) is 32.0. The second-order valence-electron chi connectivity index (χ2n) is 13.3. The third-order valence-electron chi connectivity index (χ3n) is 10.5. The number of pyridine rings is 2. The molecule has 0 radical (unpaired) electrons. The first-order valence-electron chi connectivity index (χ1n) is 17.1. The van der Waals surface area contributed by atoms with Crippen LogP contribution in [0.2, 0.25) is 0 Å². The summed E-state index contributed by atoms with van der Waals surface area (Å²) in [5.74, 6) is 0. The smallest absolute Gasteiger partial charge is 0.227 e. The lowest BCUT2D eigenvalue weighted by atomic mass is 9.54. The fourth-order valence-electron chi connectivity index (χ4n) is 8.31. The van der Waals surface area contributed by atoms with E-state index < -0.39 is 6.85 Å². The van der Waals surface area contributed by atoms with Gasteiger partial charge in [0, 0.05) is 43.5 Å². The molecule has 3 aromatic heterocycles. The van der Waals surface area contributed by atoms with E-state index in [1.165, 1.54) is 41.5 Å². The molecule has 1 saturated carbocycles. The van der Waals surface area contributed by atoms with E-state index in [1.54, 1.807) is 12.4 Å². The first-order chi connectivity index (χ1) is 22.0. The Morgan fingerprint density at radius 1 is 0.814 bits per heavy atom. The number of aromatic nitrogens is 2. The highest BCUT2D eigenvalue weighted by atomic mass is 16.3. The van der Waals surface area contributed by atoms with Gasteiger partial charge in [-0.3, -0.25) is 0 Å². The minimum absolute atomic E-state index is 0.0679. The van der Waals surface area contributed by atoms with Crippen LogP contribution in [0.25, 0.3) is 44.5 Å². The predicted octanol–water partition coefficient (Wildman–Crippen LogP) is 9.65. The lowest BCUT2D eigenvalue weighted by Crippen LogP contribution is -2.41. The van der Waals surface area contributed by atoms with E-state index in [0.29, 0.717) is 11.3 Å². The van der Waals surface area contributed by atoms with Crippen molar-refractivity contribution in [1.29, 1.82) is 0 Å². The van der Waals surface area contributed by atoms with Crippen molar-refractivity contribution in [1.82, 2.24) is 4.98 Å². The fraction of sp³-hybridized carbons (Fsp3) is 0.300. The molecule has 0 atom stereocenters. The Morgan fingerprint density at radius 2 is 1.60 bits per heavy atom. The minimum Gasteiger partial charge on any atom is -0.437 e. The van der Waals surface area contributed by atoms with Crippen LogP contribution in [0.15, 0.2) is 89.6 Å². The van der Waals surface area contributed by atoms with Gasteiger partial charge in [0.25, 0.3) is 0 Å². The number of furan rings is 1. The minimum atomic E-state index is -2.29. The third kappa shape index (κ3) is 3.73. The van der Waals surface area contributed by atoms with Crippen LogP contribution in [0.3, 0.4) is 0 Å². The molecule has 0 bridgehead atoms. The summed E-state index contributed by atoms with van der Waals surface area (Å²) in [5, 5.41) is 1.97. The van der Waals surface area contributed by atoms with E-state index in [1.807, 2.05) is 23.7 Å². The summed E-state index contributed by atoms with van der Waals surface area (Å²) in [5.41, 5.74) is 11.7. The summed E-state index contributed by atoms with van der Waals surface area (Å²) in [6, 6.07) is 26.0. The molecule has 43 heavy (non-hydrogen) atoms.